The molecule has 0 aromatic heterocycles. The summed E-state index contributed by atoms with van der Waals surface area (Å²) >= 11 is 0. The SMILES string of the molecule is CC(C)(C)NCCC1(OCC2CCCC2)CCC1. The van der Waals surface area contributed by atoms with Gasteiger partial charge in [0, 0.05) is 5.54 Å². The predicted molar refractivity (Wildman–Crippen MR) is 76.9 cm³/mol. The van der Waals surface area contributed by atoms with Crippen molar-refractivity contribution >= 4 is 0 Å². The number of hydrogen-bond donors (Lipinski definition) is 1. The summed E-state index contributed by atoms with van der Waals surface area (Å²) in [6.45, 7) is 8.82. The van der Waals surface area contributed by atoms with E-state index in [1.807, 2.05) is 0 Å². The normalized spacial score (nSPS) is 24.2. The summed E-state index contributed by atoms with van der Waals surface area (Å²) in [6, 6.07) is 0. The molecule has 2 aliphatic carbocycles. The minimum Gasteiger partial charge on any atom is -0.375 e. The Balaban J connectivity index is 1.68. The molecule has 0 bridgehead atoms. The molecule has 18 heavy (non-hydrogen) atoms. The van der Waals surface area contributed by atoms with Crippen LogP contribution in [0.4, 0.5) is 0 Å². The Morgan fingerprint density at radius 2 is 1.78 bits per heavy atom. The second kappa shape index (κ2) is 5.92. The molecule has 1 N–H and O–H groups in total. The van der Waals surface area contributed by atoms with Crippen molar-refractivity contribution in [1.82, 2.24) is 5.32 Å². The molecule has 0 spiro atoms. The Morgan fingerprint density at radius 3 is 2.28 bits per heavy atom. The fourth-order valence-electron chi connectivity index (χ4n) is 3.17. The van der Waals surface area contributed by atoms with Gasteiger partial charge < -0.3 is 10.1 Å². The molecule has 0 atom stereocenters. The summed E-state index contributed by atoms with van der Waals surface area (Å²) in [5, 5.41) is 3.59. The van der Waals surface area contributed by atoms with Gasteiger partial charge in [0.25, 0.3) is 0 Å². The number of nitrogens with one attached hydrogen (secondary N) is 1. The highest BCUT2D eigenvalue weighted by Crippen LogP contribution is 2.39. The highest BCUT2D eigenvalue weighted by molar-refractivity contribution is 4.91. The van der Waals surface area contributed by atoms with Crippen molar-refractivity contribution in [1.29, 1.82) is 0 Å². The Labute approximate surface area is 113 Å². The van der Waals surface area contributed by atoms with Crippen molar-refractivity contribution in [2.75, 3.05) is 13.2 Å². The van der Waals surface area contributed by atoms with E-state index in [0.29, 0.717) is 0 Å². The van der Waals surface area contributed by atoms with Gasteiger partial charge in [-0.1, -0.05) is 12.8 Å². The Morgan fingerprint density at radius 1 is 1.11 bits per heavy atom. The zero-order valence-electron chi connectivity index (χ0n) is 12.6. The average molecular weight is 253 g/mol. The maximum absolute atomic E-state index is 6.32. The van der Waals surface area contributed by atoms with Crippen LogP contribution in [0, 0.1) is 5.92 Å². The van der Waals surface area contributed by atoms with E-state index in [1.54, 1.807) is 0 Å². The zero-order chi connectivity index (χ0) is 13.1. The maximum Gasteiger partial charge on any atom is 0.0694 e. The second-order valence-corrected chi connectivity index (χ2v) is 7.42. The molecule has 106 valence electrons. The summed E-state index contributed by atoms with van der Waals surface area (Å²) in [7, 11) is 0. The van der Waals surface area contributed by atoms with Gasteiger partial charge in [0.2, 0.25) is 0 Å². The van der Waals surface area contributed by atoms with Crippen molar-refractivity contribution < 1.29 is 4.74 Å². The quantitative estimate of drug-likeness (QED) is 0.775. The molecule has 2 saturated carbocycles. The first kappa shape index (κ1) is 14.3. The van der Waals surface area contributed by atoms with Gasteiger partial charge in [-0.05, 0) is 71.8 Å². The van der Waals surface area contributed by atoms with Crippen LogP contribution in [0.25, 0.3) is 0 Å². The first-order chi connectivity index (χ1) is 8.49. The standard InChI is InChI=1S/C16H31NO/c1-15(2,3)17-12-11-16(9-6-10-16)18-13-14-7-4-5-8-14/h14,17H,4-13H2,1-3H3. The molecule has 0 unspecified atom stereocenters. The second-order valence-electron chi connectivity index (χ2n) is 7.42. The lowest BCUT2D eigenvalue weighted by Gasteiger charge is -2.43. The number of ether oxygens (including phenoxy) is 1. The third-order valence-electron chi connectivity index (χ3n) is 4.60. The third kappa shape index (κ3) is 4.24. The van der Waals surface area contributed by atoms with E-state index in [4.69, 9.17) is 4.74 Å². The van der Waals surface area contributed by atoms with E-state index < -0.39 is 0 Å². The van der Waals surface area contributed by atoms with Crippen LogP contribution in [0.2, 0.25) is 0 Å². The molecule has 0 heterocycles. The lowest BCUT2D eigenvalue weighted by molar-refractivity contribution is -0.115. The Bertz CT molecular complexity index is 246. The summed E-state index contributed by atoms with van der Waals surface area (Å²) in [4.78, 5) is 0. The summed E-state index contributed by atoms with van der Waals surface area (Å²) in [5.41, 5.74) is 0.469. The van der Waals surface area contributed by atoms with Crippen LogP contribution in [0.15, 0.2) is 0 Å². The molecule has 0 aliphatic heterocycles. The monoisotopic (exact) mass is 253 g/mol. The van der Waals surface area contributed by atoms with E-state index in [1.165, 1.54) is 51.4 Å². The minimum absolute atomic E-state index is 0.233. The van der Waals surface area contributed by atoms with E-state index in [-0.39, 0.29) is 11.1 Å². The lowest BCUT2D eigenvalue weighted by atomic mass is 9.77. The van der Waals surface area contributed by atoms with Gasteiger partial charge in [0.05, 0.1) is 12.2 Å². The van der Waals surface area contributed by atoms with E-state index in [2.05, 4.69) is 26.1 Å². The summed E-state index contributed by atoms with van der Waals surface area (Å²) < 4.78 is 6.32. The smallest absolute Gasteiger partial charge is 0.0694 e. The highest BCUT2D eigenvalue weighted by atomic mass is 16.5. The summed E-state index contributed by atoms with van der Waals surface area (Å²) in [5.74, 6) is 0.859. The van der Waals surface area contributed by atoms with Crippen LogP contribution in [-0.2, 0) is 4.74 Å². The van der Waals surface area contributed by atoms with Gasteiger partial charge in [-0.25, -0.2) is 0 Å². The van der Waals surface area contributed by atoms with Crippen LogP contribution >= 0.6 is 0 Å². The first-order valence-electron chi connectivity index (χ1n) is 7.88. The lowest BCUT2D eigenvalue weighted by Crippen LogP contribution is -2.46. The summed E-state index contributed by atoms with van der Waals surface area (Å²) in [6.07, 6.45) is 10.8. The molecule has 2 heteroatoms. The van der Waals surface area contributed by atoms with Crippen LogP contribution < -0.4 is 5.32 Å². The van der Waals surface area contributed by atoms with Gasteiger partial charge in [0.15, 0.2) is 0 Å². The van der Waals surface area contributed by atoms with Crippen molar-refractivity contribution in [2.45, 2.75) is 83.3 Å². The molecular formula is C16H31NO. The fourth-order valence-corrected chi connectivity index (χ4v) is 3.17. The first-order valence-corrected chi connectivity index (χ1v) is 7.88. The van der Waals surface area contributed by atoms with E-state index in [0.717, 1.165) is 19.1 Å². The van der Waals surface area contributed by atoms with E-state index >= 15 is 0 Å². The van der Waals surface area contributed by atoms with Crippen molar-refractivity contribution in [3.8, 4) is 0 Å². The molecule has 0 saturated heterocycles. The van der Waals surface area contributed by atoms with Gasteiger partial charge >= 0.3 is 0 Å². The van der Waals surface area contributed by atoms with Gasteiger partial charge in [-0.15, -0.1) is 0 Å². The number of rotatable bonds is 6. The maximum atomic E-state index is 6.32. The molecule has 2 nitrogen and oxygen atoms in total. The van der Waals surface area contributed by atoms with Crippen molar-refractivity contribution in [3.63, 3.8) is 0 Å². The third-order valence-corrected chi connectivity index (χ3v) is 4.60. The van der Waals surface area contributed by atoms with Crippen molar-refractivity contribution in [3.05, 3.63) is 0 Å². The van der Waals surface area contributed by atoms with Crippen LogP contribution in [0.1, 0.15) is 72.1 Å². The molecule has 0 amide bonds. The van der Waals surface area contributed by atoms with Crippen LogP contribution in [-0.4, -0.2) is 24.3 Å². The predicted octanol–water partition coefficient (Wildman–Crippen LogP) is 3.89. The molecular weight excluding hydrogens is 222 g/mol. The number of hydrogen-bond acceptors (Lipinski definition) is 2. The van der Waals surface area contributed by atoms with Crippen LogP contribution in [0.5, 0.6) is 0 Å². The molecule has 0 radical (unpaired) electrons. The topological polar surface area (TPSA) is 21.3 Å². The molecule has 2 rings (SSSR count). The molecule has 2 aliphatic rings. The largest absolute Gasteiger partial charge is 0.375 e. The highest BCUT2D eigenvalue weighted by Gasteiger charge is 2.38. The van der Waals surface area contributed by atoms with E-state index in [9.17, 15) is 0 Å². The van der Waals surface area contributed by atoms with Gasteiger partial charge in [0.1, 0.15) is 0 Å². The zero-order valence-corrected chi connectivity index (χ0v) is 12.6. The minimum atomic E-state index is 0.233. The molecule has 0 aromatic rings. The Kier molecular flexibility index (Phi) is 4.71. The molecule has 0 aromatic carbocycles. The van der Waals surface area contributed by atoms with Gasteiger partial charge in [-0.3, -0.25) is 0 Å². The van der Waals surface area contributed by atoms with Gasteiger partial charge in [-0.2, -0.15) is 0 Å². The Hall–Kier alpha value is -0.0800. The van der Waals surface area contributed by atoms with Crippen LogP contribution in [0.3, 0.4) is 0 Å². The van der Waals surface area contributed by atoms with Crippen molar-refractivity contribution in [2.24, 2.45) is 5.92 Å². The average Bonchev–Trinajstić information content (AvgIpc) is 2.71. The molecule has 2 fully saturated rings. The fraction of sp³-hybridized carbons (Fsp3) is 1.00.